The first-order chi connectivity index (χ1) is 9.19. The van der Waals surface area contributed by atoms with Crippen molar-refractivity contribution in [3.63, 3.8) is 0 Å². The van der Waals surface area contributed by atoms with Gasteiger partial charge < -0.3 is 4.90 Å². The zero-order valence-corrected chi connectivity index (χ0v) is 12.1. The van der Waals surface area contributed by atoms with Gasteiger partial charge in [-0.25, -0.2) is 4.98 Å². The number of piperidine rings is 1. The van der Waals surface area contributed by atoms with Crippen molar-refractivity contribution in [3.8, 4) is 6.07 Å². The van der Waals surface area contributed by atoms with E-state index in [0.717, 1.165) is 37.3 Å². The van der Waals surface area contributed by atoms with Crippen LogP contribution in [0, 0.1) is 17.2 Å². The molecule has 7 heteroatoms. The van der Waals surface area contributed by atoms with Crippen molar-refractivity contribution in [2.24, 2.45) is 5.92 Å². The third-order valence-corrected chi connectivity index (χ3v) is 3.82. The van der Waals surface area contributed by atoms with Crippen molar-refractivity contribution in [3.05, 3.63) is 11.8 Å². The maximum absolute atomic E-state index is 11.6. The molecule has 1 aromatic rings. The van der Waals surface area contributed by atoms with Crippen LogP contribution in [-0.2, 0) is 11.2 Å². The first kappa shape index (κ1) is 14.5. The summed E-state index contributed by atoms with van der Waals surface area (Å²) < 4.78 is 0. The van der Waals surface area contributed by atoms with E-state index in [-0.39, 0.29) is 24.2 Å². The van der Waals surface area contributed by atoms with Crippen LogP contribution in [0.3, 0.4) is 0 Å². The topological polar surface area (TPSA) is 73.1 Å². The van der Waals surface area contributed by atoms with E-state index < -0.39 is 0 Å². The number of carbonyl (C=O) groups is 1. The van der Waals surface area contributed by atoms with E-state index in [1.807, 2.05) is 0 Å². The highest BCUT2D eigenvalue weighted by atomic mass is 35.5. The van der Waals surface area contributed by atoms with E-state index in [9.17, 15) is 4.79 Å². The summed E-state index contributed by atoms with van der Waals surface area (Å²) >= 11 is 0. The first-order valence-corrected chi connectivity index (χ1v) is 6.46. The highest BCUT2D eigenvalue weighted by Crippen LogP contribution is 2.27. The molecule has 0 unspecified atom stereocenters. The number of likely N-dealkylation sites (N-methyl/N-ethyl adjacent to an activating group) is 1. The molecule has 6 nitrogen and oxygen atoms in total. The molecule has 0 bridgehead atoms. The summed E-state index contributed by atoms with van der Waals surface area (Å²) in [5.41, 5.74) is 0.892. The molecule has 1 fully saturated rings. The van der Waals surface area contributed by atoms with Crippen molar-refractivity contribution < 1.29 is 4.79 Å². The maximum atomic E-state index is 11.6. The number of anilines is 2. The van der Waals surface area contributed by atoms with Crippen molar-refractivity contribution in [1.82, 2.24) is 9.97 Å². The predicted molar refractivity (Wildman–Crippen MR) is 76.9 cm³/mol. The van der Waals surface area contributed by atoms with Gasteiger partial charge in [0.1, 0.15) is 5.82 Å². The van der Waals surface area contributed by atoms with E-state index >= 15 is 0 Å². The largest absolute Gasteiger partial charge is 0.341 e. The zero-order chi connectivity index (χ0) is 13.4. The lowest BCUT2D eigenvalue weighted by Crippen LogP contribution is -2.34. The summed E-state index contributed by atoms with van der Waals surface area (Å²) in [6.45, 7) is 1.60. The van der Waals surface area contributed by atoms with Crippen LogP contribution < -0.4 is 9.80 Å². The van der Waals surface area contributed by atoms with Gasteiger partial charge in [-0.1, -0.05) is 0 Å². The molecule has 2 aliphatic heterocycles. The Morgan fingerprint density at radius 2 is 2.10 bits per heavy atom. The normalized spacial score (nSPS) is 18.5. The van der Waals surface area contributed by atoms with Crippen molar-refractivity contribution >= 4 is 30.1 Å². The average molecular weight is 294 g/mol. The highest BCUT2D eigenvalue weighted by Gasteiger charge is 2.28. The summed E-state index contributed by atoms with van der Waals surface area (Å²) in [6.07, 6.45) is 3.84. The Kier molecular flexibility index (Phi) is 4.09. The number of hydrogen-bond acceptors (Lipinski definition) is 5. The number of rotatable bonds is 1. The minimum absolute atomic E-state index is 0. The van der Waals surface area contributed by atoms with Crippen LogP contribution in [0.15, 0.2) is 6.20 Å². The lowest BCUT2D eigenvalue weighted by atomic mass is 9.99. The molecule has 3 heterocycles. The number of amides is 1. The molecule has 0 aromatic carbocycles. The number of nitriles is 1. The Balaban J connectivity index is 0.00000147. The zero-order valence-electron chi connectivity index (χ0n) is 11.2. The van der Waals surface area contributed by atoms with Gasteiger partial charge in [-0.3, -0.25) is 9.69 Å². The molecule has 0 atom stereocenters. The number of nitrogens with zero attached hydrogens (tertiary/aromatic N) is 5. The Morgan fingerprint density at radius 1 is 1.40 bits per heavy atom. The molecule has 0 spiro atoms. The molecule has 106 valence electrons. The van der Waals surface area contributed by atoms with Crippen LogP contribution in [0.1, 0.15) is 18.4 Å². The second-order valence-corrected chi connectivity index (χ2v) is 5.04. The number of aromatic nitrogens is 2. The number of halogens is 1. The second kappa shape index (κ2) is 5.63. The Hall–Kier alpha value is -1.87. The number of hydrogen-bond donors (Lipinski definition) is 0. The minimum Gasteiger partial charge on any atom is -0.341 e. The molecular formula is C13H16ClN5O. The molecule has 0 aliphatic carbocycles. The summed E-state index contributed by atoms with van der Waals surface area (Å²) in [4.78, 5) is 24.1. The van der Waals surface area contributed by atoms with Crippen molar-refractivity contribution in [2.45, 2.75) is 19.3 Å². The molecule has 1 saturated heterocycles. The molecule has 0 saturated carbocycles. The van der Waals surface area contributed by atoms with Crippen LogP contribution in [0.4, 0.5) is 11.8 Å². The standard InChI is InChI=1S/C13H15N5O.ClH/c1-17-11(19)6-10-8-15-13(16-12(10)17)18-4-2-9(7-14)3-5-18;/h8-9H,2-6H2,1H3;1H. The summed E-state index contributed by atoms with van der Waals surface area (Å²) in [7, 11) is 1.74. The predicted octanol–water partition coefficient (Wildman–Crippen LogP) is 1.16. The lowest BCUT2D eigenvalue weighted by molar-refractivity contribution is -0.117. The number of carbonyl (C=O) groups excluding carboxylic acids is 1. The lowest BCUT2D eigenvalue weighted by Gasteiger charge is -2.29. The van der Waals surface area contributed by atoms with Crippen LogP contribution in [0.5, 0.6) is 0 Å². The Bertz CT molecular complexity index is 562. The Morgan fingerprint density at radius 3 is 2.75 bits per heavy atom. The van der Waals surface area contributed by atoms with Gasteiger partial charge in [-0.05, 0) is 12.8 Å². The third-order valence-electron chi connectivity index (χ3n) is 3.82. The second-order valence-electron chi connectivity index (χ2n) is 5.04. The molecular weight excluding hydrogens is 278 g/mol. The van der Waals surface area contributed by atoms with Gasteiger partial charge in [0.15, 0.2) is 0 Å². The van der Waals surface area contributed by atoms with Gasteiger partial charge in [0.05, 0.1) is 12.5 Å². The third kappa shape index (κ3) is 2.41. The van der Waals surface area contributed by atoms with Crippen LogP contribution in [-0.4, -0.2) is 36.0 Å². The molecule has 20 heavy (non-hydrogen) atoms. The highest BCUT2D eigenvalue weighted by molar-refractivity contribution is 5.99. The summed E-state index contributed by atoms with van der Waals surface area (Å²) in [5.74, 6) is 1.59. The molecule has 0 radical (unpaired) electrons. The number of fused-ring (bicyclic) bond motifs is 1. The summed E-state index contributed by atoms with van der Waals surface area (Å²) in [6, 6.07) is 2.31. The van der Waals surface area contributed by atoms with Gasteiger partial charge in [-0.2, -0.15) is 10.2 Å². The minimum atomic E-state index is 0. The molecule has 1 aromatic heterocycles. The molecule has 1 amide bonds. The maximum Gasteiger partial charge on any atom is 0.232 e. The average Bonchev–Trinajstić information content (AvgIpc) is 2.74. The SMILES string of the molecule is CN1C(=O)Cc2cnc(N3CCC(C#N)CC3)nc21.Cl. The van der Waals surface area contributed by atoms with Gasteiger partial charge in [0.2, 0.25) is 11.9 Å². The van der Waals surface area contributed by atoms with Crippen LogP contribution >= 0.6 is 12.4 Å². The smallest absolute Gasteiger partial charge is 0.232 e. The van der Waals surface area contributed by atoms with E-state index in [1.165, 1.54) is 0 Å². The molecule has 2 aliphatic rings. The van der Waals surface area contributed by atoms with E-state index in [2.05, 4.69) is 20.9 Å². The Labute approximate surface area is 123 Å². The van der Waals surface area contributed by atoms with Crippen molar-refractivity contribution in [2.75, 3.05) is 29.9 Å². The van der Waals surface area contributed by atoms with E-state index in [4.69, 9.17) is 5.26 Å². The fourth-order valence-electron chi connectivity index (χ4n) is 2.56. The van der Waals surface area contributed by atoms with E-state index in [1.54, 1.807) is 18.1 Å². The van der Waals surface area contributed by atoms with Gasteiger partial charge in [-0.15, -0.1) is 12.4 Å². The van der Waals surface area contributed by atoms with E-state index in [0.29, 0.717) is 12.4 Å². The quantitative estimate of drug-likeness (QED) is 0.777. The molecule has 3 rings (SSSR count). The summed E-state index contributed by atoms with van der Waals surface area (Å²) in [5, 5.41) is 8.89. The van der Waals surface area contributed by atoms with Gasteiger partial charge in [0, 0.05) is 37.8 Å². The van der Waals surface area contributed by atoms with Gasteiger partial charge >= 0.3 is 0 Å². The first-order valence-electron chi connectivity index (χ1n) is 6.46. The van der Waals surface area contributed by atoms with Crippen molar-refractivity contribution in [1.29, 1.82) is 5.26 Å². The van der Waals surface area contributed by atoms with Crippen LogP contribution in [0.2, 0.25) is 0 Å². The molecule has 0 N–H and O–H groups in total. The monoisotopic (exact) mass is 293 g/mol. The van der Waals surface area contributed by atoms with Gasteiger partial charge in [0.25, 0.3) is 0 Å². The fourth-order valence-corrected chi connectivity index (χ4v) is 2.56. The fraction of sp³-hybridized carbons (Fsp3) is 0.538. The van der Waals surface area contributed by atoms with Crippen LogP contribution in [0.25, 0.3) is 0 Å².